The number of likely N-dealkylation sites (tertiary alicyclic amines) is 1. The third-order valence-electron chi connectivity index (χ3n) is 4.58. The van der Waals surface area contributed by atoms with Gasteiger partial charge in [-0.3, -0.25) is 4.90 Å². The van der Waals surface area contributed by atoms with Crippen LogP contribution in [-0.4, -0.2) is 87.3 Å². The highest BCUT2D eigenvalue weighted by Gasteiger charge is 2.15. The van der Waals surface area contributed by atoms with Crippen molar-refractivity contribution in [2.45, 2.75) is 19.8 Å². The molecule has 2 aliphatic heterocycles. The van der Waals surface area contributed by atoms with Crippen molar-refractivity contribution in [1.29, 1.82) is 0 Å². The van der Waals surface area contributed by atoms with Gasteiger partial charge in [0.2, 0.25) is 0 Å². The van der Waals surface area contributed by atoms with Crippen molar-refractivity contribution in [3.8, 4) is 0 Å². The monoisotopic (exact) mass is 269 g/mol. The first-order valence-electron chi connectivity index (χ1n) is 7.95. The maximum Gasteiger partial charge on any atom is 0.0594 e. The van der Waals surface area contributed by atoms with Crippen molar-refractivity contribution in [1.82, 2.24) is 14.7 Å². The topological polar surface area (TPSA) is 19.0 Å². The van der Waals surface area contributed by atoms with E-state index in [1.165, 1.54) is 52.1 Å². The normalized spacial score (nSPS) is 24.9. The van der Waals surface area contributed by atoms with Crippen LogP contribution >= 0.6 is 0 Å². The summed E-state index contributed by atoms with van der Waals surface area (Å²) in [7, 11) is 2.20. The van der Waals surface area contributed by atoms with Crippen LogP contribution in [0.3, 0.4) is 0 Å². The average molecular weight is 269 g/mol. The fourth-order valence-corrected chi connectivity index (χ4v) is 2.85. The Morgan fingerprint density at radius 3 is 1.95 bits per heavy atom. The van der Waals surface area contributed by atoms with Crippen molar-refractivity contribution < 1.29 is 4.74 Å². The van der Waals surface area contributed by atoms with Gasteiger partial charge in [-0.1, -0.05) is 6.92 Å². The number of hydrogen-bond donors (Lipinski definition) is 0. The second kappa shape index (κ2) is 8.20. The van der Waals surface area contributed by atoms with E-state index < -0.39 is 0 Å². The lowest BCUT2D eigenvalue weighted by Crippen LogP contribution is -2.45. The number of piperidine rings is 1. The Morgan fingerprint density at radius 2 is 1.37 bits per heavy atom. The second-order valence-electron chi connectivity index (χ2n) is 6.28. The molecule has 0 aromatic carbocycles. The van der Waals surface area contributed by atoms with Gasteiger partial charge in [0, 0.05) is 39.3 Å². The van der Waals surface area contributed by atoms with Crippen LogP contribution in [0.25, 0.3) is 0 Å². The molecule has 0 aliphatic carbocycles. The van der Waals surface area contributed by atoms with E-state index in [1.807, 2.05) is 0 Å². The van der Waals surface area contributed by atoms with Gasteiger partial charge >= 0.3 is 0 Å². The summed E-state index contributed by atoms with van der Waals surface area (Å²) < 4.78 is 5.80. The van der Waals surface area contributed by atoms with Crippen molar-refractivity contribution in [3.05, 3.63) is 0 Å². The Bertz CT molecular complexity index is 210. The molecule has 2 saturated heterocycles. The van der Waals surface area contributed by atoms with E-state index in [1.54, 1.807) is 0 Å². The number of ether oxygens (including phenoxy) is 1. The van der Waals surface area contributed by atoms with Gasteiger partial charge in [-0.25, -0.2) is 0 Å². The molecule has 0 aromatic heterocycles. The Labute approximate surface area is 118 Å². The van der Waals surface area contributed by atoms with E-state index in [0.29, 0.717) is 0 Å². The van der Waals surface area contributed by atoms with Crippen LogP contribution in [0.15, 0.2) is 0 Å². The number of hydrogen-bond acceptors (Lipinski definition) is 4. The molecule has 4 heteroatoms. The van der Waals surface area contributed by atoms with Crippen LogP contribution in [0, 0.1) is 5.92 Å². The minimum atomic E-state index is 0.897. The maximum atomic E-state index is 5.80. The molecule has 2 rings (SSSR count). The highest BCUT2D eigenvalue weighted by molar-refractivity contribution is 4.70. The standard InChI is InChI=1S/C15H31N3O/c1-15-3-5-17(6-4-15)11-13-19-14-12-18-9-7-16(2)8-10-18/h15H,3-14H2,1-2H3. The summed E-state index contributed by atoms with van der Waals surface area (Å²) in [6, 6.07) is 0. The lowest BCUT2D eigenvalue weighted by molar-refractivity contribution is 0.0622. The van der Waals surface area contributed by atoms with Crippen LogP contribution in [0.1, 0.15) is 19.8 Å². The molecule has 19 heavy (non-hydrogen) atoms. The Balaban J connectivity index is 1.44. The van der Waals surface area contributed by atoms with Crippen LogP contribution < -0.4 is 0 Å². The number of piperazine rings is 1. The van der Waals surface area contributed by atoms with Crippen molar-refractivity contribution in [3.63, 3.8) is 0 Å². The van der Waals surface area contributed by atoms with E-state index in [0.717, 1.165) is 32.2 Å². The molecule has 0 bridgehead atoms. The third kappa shape index (κ3) is 5.78. The number of nitrogens with zero attached hydrogens (tertiary/aromatic N) is 3. The van der Waals surface area contributed by atoms with Gasteiger partial charge in [0.25, 0.3) is 0 Å². The van der Waals surface area contributed by atoms with E-state index >= 15 is 0 Å². The van der Waals surface area contributed by atoms with Gasteiger partial charge in [-0.2, -0.15) is 0 Å². The molecule has 2 heterocycles. The van der Waals surface area contributed by atoms with Crippen LogP contribution in [0.2, 0.25) is 0 Å². The van der Waals surface area contributed by atoms with Gasteiger partial charge in [-0.05, 0) is 38.9 Å². The molecule has 0 unspecified atom stereocenters. The molecule has 112 valence electrons. The predicted octanol–water partition coefficient (Wildman–Crippen LogP) is 0.982. The Kier molecular flexibility index (Phi) is 6.57. The van der Waals surface area contributed by atoms with E-state index in [-0.39, 0.29) is 0 Å². The first kappa shape index (κ1) is 15.2. The fraction of sp³-hybridized carbons (Fsp3) is 1.00. The smallest absolute Gasteiger partial charge is 0.0594 e. The molecule has 0 saturated carbocycles. The molecule has 0 radical (unpaired) electrons. The van der Waals surface area contributed by atoms with Crippen molar-refractivity contribution >= 4 is 0 Å². The highest BCUT2D eigenvalue weighted by atomic mass is 16.5. The molecular formula is C15H31N3O. The molecule has 0 aromatic rings. The molecule has 4 nitrogen and oxygen atoms in total. The third-order valence-corrected chi connectivity index (χ3v) is 4.58. The molecule has 2 fully saturated rings. The second-order valence-corrected chi connectivity index (χ2v) is 6.28. The number of likely N-dealkylation sites (N-methyl/N-ethyl adjacent to an activating group) is 1. The van der Waals surface area contributed by atoms with Gasteiger partial charge in [-0.15, -0.1) is 0 Å². The SMILES string of the molecule is CC1CCN(CCOCCN2CCN(C)CC2)CC1. The van der Waals surface area contributed by atoms with Gasteiger partial charge < -0.3 is 14.5 Å². The fourth-order valence-electron chi connectivity index (χ4n) is 2.85. The Morgan fingerprint density at radius 1 is 0.842 bits per heavy atom. The quantitative estimate of drug-likeness (QED) is 0.669. The van der Waals surface area contributed by atoms with Crippen LogP contribution in [0.4, 0.5) is 0 Å². The zero-order valence-electron chi connectivity index (χ0n) is 12.8. The summed E-state index contributed by atoms with van der Waals surface area (Å²) in [5, 5.41) is 0. The van der Waals surface area contributed by atoms with E-state index in [2.05, 4.69) is 28.7 Å². The van der Waals surface area contributed by atoms with Gasteiger partial charge in [0.15, 0.2) is 0 Å². The summed E-state index contributed by atoms with van der Waals surface area (Å²) in [5.41, 5.74) is 0. The maximum absolute atomic E-state index is 5.80. The average Bonchev–Trinajstić information content (AvgIpc) is 2.43. The zero-order valence-corrected chi connectivity index (χ0v) is 12.8. The first-order valence-corrected chi connectivity index (χ1v) is 7.95. The van der Waals surface area contributed by atoms with Gasteiger partial charge in [0.1, 0.15) is 0 Å². The lowest BCUT2D eigenvalue weighted by atomic mass is 9.99. The number of rotatable bonds is 6. The Hall–Kier alpha value is -0.160. The summed E-state index contributed by atoms with van der Waals surface area (Å²) in [4.78, 5) is 7.47. The summed E-state index contributed by atoms with van der Waals surface area (Å²) in [5.74, 6) is 0.925. The molecule has 0 N–H and O–H groups in total. The largest absolute Gasteiger partial charge is 0.379 e. The van der Waals surface area contributed by atoms with E-state index in [9.17, 15) is 0 Å². The van der Waals surface area contributed by atoms with Crippen LogP contribution in [-0.2, 0) is 4.74 Å². The molecule has 2 aliphatic rings. The van der Waals surface area contributed by atoms with Gasteiger partial charge in [0.05, 0.1) is 13.2 Å². The lowest BCUT2D eigenvalue weighted by Gasteiger charge is -2.32. The molecule has 0 amide bonds. The van der Waals surface area contributed by atoms with Crippen molar-refractivity contribution in [2.75, 3.05) is 72.6 Å². The predicted molar refractivity (Wildman–Crippen MR) is 79.6 cm³/mol. The minimum absolute atomic E-state index is 0.897. The zero-order chi connectivity index (χ0) is 13.5. The molecule has 0 atom stereocenters. The van der Waals surface area contributed by atoms with Crippen LogP contribution in [0.5, 0.6) is 0 Å². The van der Waals surface area contributed by atoms with E-state index in [4.69, 9.17) is 4.74 Å². The first-order chi connectivity index (χ1) is 9.24. The summed E-state index contributed by atoms with van der Waals surface area (Å²) in [6.07, 6.45) is 2.72. The van der Waals surface area contributed by atoms with Crippen molar-refractivity contribution in [2.24, 2.45) is 5.92 Å². The molecule has 0 spiro atoms. The molecular weight excluding hydrogens is 238 g/mol. The summed E-state index contributed by atoms with van der Waals surface area (Å²) >= 11 is 0. The highest BCUT2D eigenvalue weighted by Crippen LogP contribution is 2.15. The summed E-state index contributed by atoms with van der Waals surface area (Å²) in [6.45, 7) is 13.7. The minimum Gasteiger partial charge on any atom is -0.379 e.